The van der Waals surface area contributed by atoms with E-state index in [-0.39, 0.29) is 5.91 Å². The first-order chi connectivity index (χ1) is 12.3. The lowest BCUT2D eigenvalue weighted by atomic mass is 10.0. The fourth-order valence-corrected chi connectivity index (χ4v) is 3.91. The second-order valence-corrected chi connectivity index (χ2v) is 6.87. The van der Waals surface area contributed by atoms with Crippen molar-refractivity contribution in [2.24, 2.45) is 0 Å². The van der Waals surface area contributed by atoms with E-state index < -0.39 is 0 Å². The summed E-state index contributed by atoms with van der Waals surface area (Å²) >= 11 is 1.54. The van der Waals surface area contributed by atoms with Crippen LogP contribution in [0.4, 0.5) is 0 Å². The topological polar surface area (TPSA) is 77.7 Å². The molecule has 7 heteroatoms. The minimum absolute atomic E-state index is 0.0206. The monoisotopic (exact) mass is 349 g/mol. The van der Waals surface area contributed by atoms with Crippen LogP contribution in [0.15, 0.2) is 41.2 Å². The van der Waals surface area contributed by atoms with Gasteiger partial charge in [0.1, 0.15) is 17.1 Å². The van der Waals surface area contributed by atoms with Crippen molar-refractivity contribution in [1.29, 1.82) is 0 Å². The van der Waals surface area contributed by atoms with Gasteiger partial charge in [0, 0.05) is 40.5 Å². The molecule has 1 aliphatic rings. The van der Waals surface area contributed by atoms with Gasteiger partial charge in [-0.3, -0.25) is 9.89 Å². The average molecular weight is 349 g/mol. The molecular weight excluding hydrogens is 334 g/mol. The Kier molecular flexibility index (Phi) is 3.21. The summed E-state index contributed by atoms with van der Waals surface area (Å²) in [7, 11) is 0. The van der Waals surface area contributed by atoms with E-state index in [2.05, 4.69) is 20.2 Å². The lowest BCUT2D eigenvalue weighted by Crippen LogP contribution is -2.36. The van der Waals surface area contributed by atoms with E-state index in [1.807, 2.05) is 40.6 Å². The molecule has 2 N–H and O–H groups in total. The number of benzene rings is 1. The molecule has 0 saturated carbocycles. The summed E-state index contributed by atoms with van der Waals surface area (Å²) < 4.78 is 0. The van der Waals surface area contributed by atoms with Crippen molar-refractivity contribution in [3.8, 4) is 11.4 Å². The summed E-state index contributed by atoms with van der Waals surface area (Å²) in [6, 6.07) is 9.85. The minimum Gasteiger partial charge on any atom is -0.351 e. The molecule has 0 bridgehead atoms. The van der Waals surface area contributed by atoms with Gasteiger partial charge < -0.3 is 9.88 Å². The number of hydrogen-bond acceptors (Lipinski definition) is 4. The largest absolute Gasteiger partial charge is 0.351 e. The molecule has 0 saturated heterocycles. The summed E-state index contributed by atoms with van der Waals surface area (Å²) in [6.45, 7) is 1.23. The Bertz CT molecular complexity index is 1030. The van der Waals surface area contributed by atoms with Gasteiger partial charge in [0.2, 0.25) is 0 Å². The molecule has 0 fully saturated rings. The van der Waals surface area contributed by atoms with Gasteiger partial charge in [-0.15, -0.1) is 11.3 Å². The SMILES string of the molecule is O=C(c1cc2ccccc2[nH]1)N1CCc2[nH]nc(-c3cscn3)c2C1. The van der Waals surface area contributed by atoms with Crippen LogP contribution in [-0.4, -0.2) is 37.5 Å². The smallest absolute Gasteiger partial charge is 0.270 e. The molecule has 5 rings (SSSR count). The third-order valence-corrected chi connectivity index (χ3v) is 5.24. The van der Waals surface area contributed by atoms with Crippen LogP contribution < -0.4 is 0 Å². The maximum atomic E-state index is 12.9. The van der Waals surface area contributed by atoms with Gasteiger partial charge in [-0.2, -0.15) is 5.10 Å². The van der Waals surface area contributed by atoms with Crippen LogP contribution in [0.1, 0.15) is 21.7 Å². The Hall–Kier alpha value is -2.93. The number of para-hydroxylation sites is 1. The number of carbonyl (C=O) groups is 1. The van der Waals surface area contributed by atoms with Crippen molar-refractivity contribution in [3.63, 3.8) is 0 Å². The molecule has 4 heterocycles. The second kappa shape index (κ2) is 5.56. The molecule has 0 aliphatic carbocycles. The molecule has 0 atom stereocenters. The van der Waals surface area contributed by atoms with Gasteiger partial charge in [-0.05, 0) is 12.1 Å². The number of nitrogens with zero attached hydrogens (tertiary/aromatic N) is 3. The number of rotatable bonds is 2. The van der Waals surface area contributed by atoms with Crippen LogP contribution in [0.3, 0.4) is 0 Å². The van der Waals surface area contributed by atoms with E-state index in [0.717, 1.165) is 40.0 Å². The Morgan fingerprint density at radius 1 is 1.28 bits per heavy atom. The van der Waals surface area contributed by atoms with Crippen molar-refractivity contribution < 1.29 is 4.79 Å². The Labute approximate surface area is 147 Å². The quantitative estimate of drug-likeness (QED) is 0.583. The highest BCUT2D eigenvalue weighted by atomic mass is 32.1. The van der Waals surface area contributed by atoms with Crippen LogP contribution in [0.5, 0.6) is 0 Å². The third kappa shape index (κ3) is 2.35. The van der Waals surface area contributed by atoms with E-state index in [1.165, 1.54) is 0 Å². The van der Waals surface area contributed by atoms with Crippen LogP contribution in [0.2, 0.25) is 0 Å². The van der Waals surface area contributed by atoms with E-state index in [0.29, 0.717) is 18.8 Å². The maximum absolute atomic E-state index is 12.9. The molecule has 1 aliphatic heterocycles. The Morgan fingerprint density at radius 3 is 3.04 bits per heavy atom. The lowest BCUT2D eigenvalue weighted by Gasteiger charge is -2.26. The second-order valence-electron chi connectivity index (χ2n) is 6.15. The van der Waals surface area contributed by atoms with Crippen LogP contribution in [-0.2, 0) is 13.0 Å². The molecule has 0 radical (unpaired) electrons. The maximum Gasteiger partial charge on any atom is 0.270 e. The van der Waals surface area contributed by atoms with E-state index >= 15 is 0 Å². The summed E-state index contributed by atoms with van der Waals surface area (Å²) in [6.07, 6.45) is 0.776. The fraction of sp³-hybridized carbons (Fsp3) is 0.167. The minimum atomic E-state index is 0.0206. The molecule has 124 valence electrons. The van der Waals surface area contributed by atoms with Crippen molar-refractivity contribution in [2.75, 3.05) is 6.54 Å². The van der Waals surface area contributed by atoms with E-state index in [4.69, 9.17) is 0 Å². The van der Waals surface area contributed by atoms with E-state index in [1.54, 1.807) is 16.8 Å². The van der Waals surface area contributed by atoms with Gasteiger partial charge >= 0.3 is 0 Å². The summed E-state index contributed by atoms with van der Waals surface area (Å²) in [5, 5.41) is 10.6. The van der Waals surface area contributed by atoms with Gasteiger partial charge in [0.15, 0.2) is 0 Å². The highest BCUT2D eigenvalue weighted by Crippen LogP contribution is 2.29. The standard InChI is InChI=1S/C18H15N5OS/c24-18(15-7-11-3-1-2-4-13(11)20-15)23-6-5-14-12(8-23)17(22-21-14)16-9-25-10-19-16/h1-4,7,9-10,20H,5-6,8H2,(H,21,22). The zero-order valence-corrected chi connectivity index (χ0v) is 14.1. The predicted molar refractivity (Wildman–Crippen MR) is 96.4 cm³/mol. The van der Waals surface area contributed by atoms with Gasteiger partial charge in [0.05, 0.1) is 12.1 Å². The highest BCUT2D eigenvalue weighted by Gasteiger charge is 2.27. The molecule has 0 spiro atoms. The molecule has 3 aromatic heterocycles. The Balaban J connectivity index is 1.47. The van der Waals surface area contributed by atoms with Crippen molar-refractivity contribution in [3.05, 3.63) is 58.2 Å². The molecule has 4 aromatic rings. The Morgan fingerprint density at radius 2 is 2.20 bits per heavy atom. The van der Waals surface area contributed by atoms with Crippen molar-refractivity contribution in [2.45, 2.75) is 13.0 Å². The summed E-state index contributed by atoms with van der Waals surface area (Å²) in [5.74, 6) is 0.0206. The number of H-pyrrole nitrogens is 2. The zero-order chi connectivity index (χ0) is 16.8. The molecule has 6 nitrogen and oxygen atoms in total. The first-order valence-electron chi connectivity index (χ1n) is 8.11. The average Bonchev–Trinajstić information content (AvgIpc) is 3.37. The number of nitrogens with one attached hydrogen (secondary N) is 2. The van der Waals surface area contributed by atoms with Crippen molar-refractivity contribution >= 4 is 28.1 Å². The molecular formula is C18H15N5OS. The van der Waals surface area contributed by atoms with Crippen LogP contribution in [0.25, 0.3) is 22.3 Å². The lowest BCUT2D eigenvalue weighted by molar-refractivity contribution is 0.0729. The van der Waals surface area contributed by atoms with Crippen molar-refractivity contribution in [1.82, 2.24) is 25.1 Å². The number of amides is 1. The number of hydrogen-bond donors (Lipinski definition) is 2. The predicted octanol–water partition coefficient (Wildman–Crippen LogP) is 3.21. The summed E-state index contributed by atoms with van der Waals surface area (Å²) in [4.78, 5) is 22.4. The van der Waals surface area contributed by atoms with Crippen LogP contribution in [0, 0.1) is 0 Å². The van der Waals surface area contributed by atoms with Gasteiger partial charge in [-0.25, -0.2) is 4.98 Å². The number of carbonyl (C=O) groups excluding carboxylic acids is 1. The fourth-order valence-electron chi connectivity index (χ4n) is 3.37. The van der Waals surface area contributed by atoms with E-state index in [9.17, 15) is 4.79 Å². The molecule has 1 amide bonds. The number of thiazole rings is 1. The number of fused-ring (bicyclic) bond motifs is 2. The number of aromatic nitrogens is 4. The first-order valence-corrected chi connectivity index (χ1v) is 9.05. The first kappa shape index (κ1) is 14.4. The zero-order valence-electron chi connectivity index (χ0n) is 13.3. The highest BCUT2D eigenvalue weighted by molar-refractivity contribution is 7.07. The van der Waals surface area contributed by atoms with Gasteiger partial charge in [0.25, 0.3) is 5.91 Å². The number of aromatic amines is 2. The normalized spacial score (nSPS) is 14.0. The molecule has 1 aromatic carbocycles. The molecule has 0 unspecified atom stereocenters. The molecule has 25 heavy (non-hydrogen) atoms. The van der Waals surface area contributed by atoms with Gasteiger partial charge in [-0.1, -0.05) is 18.2 Å². The summed E-state index contributed by atoms with van der Waals surface area (Å²) in [5.41, 5.74) is 7.30. The van der Waals surface area contributed by atoms with Crippen LogP contribution >= 0.6 is 11.3 Å². The third-order valence-electron chi connectivity index (χ3n) is 4.66.